The second kappa shape index (κ2) is 5.60. The Hall–Kier alpha value is -2.69. The van der Waals surface area contributed by atoms with Crippen molar-refractivity contribution < 1.29 is 18.8 Å². The summed E-state index contributed by atoms with van der Waals surface area (Å²) in [4.78, 5) is 28.0. The second-order valence-electron chi connectivity index (χ2n) is 5.12. The molecule has 22 heavy (non-hydrogen) atoms. The molecular weight excluding hydrogens is 285 g/mol. The Morgan fingerprint density at radius 2 is 1.77 bits per heavy atom. The predicted octanol–water partition coefficient (Wildman–Crippen LogP) is 3.25. The lowest BCUT2D eigenvalue weighted by molar-refractivity contribution is -0.148. The molecule has 1 aliphatic rings. The van der Waals surface area contributed by atoms with E-state index in [9.17, 15) is 14.0 Å². The van der Waals surface area contributed by atoms with Gasteiger partial charge in [-0.1, -0.05) is 18.2 Å². The molecule has 0 bridgehead atoms. The van der Waals surface area contributed by atoms with Crippen LogP contribution in [0.3, 0.4) is 0 Å². The number of fused-ring (bicyclic) bond motifs is 1. The maximum atomic E-state index is 13.0. The molecule has 0 aliphatic carbocycles. The number of hydrogen-bond donors (Lipinski definition) is 0. The van der Waals surface area contributed by atoms with E-state index in [1.165, 1.54) is 19.1 Å². The van der Waals surface area contributed by atoms with Crippen LogP contribution in [-0.4, -0.2) is 11.9 Å². The Balaban J connectivity index is 1.98. The highest BCUT2D eigenvalue weighted by Crippen LogP contribution is 2.32. The number of halogens is 1. The Labute approximate surface area is 127 Å². The smallest absolute Gasteiger partial charge is 0.330 e. The monoisotopic (exact) mass is 299 g/mol. The fourth-order valence-corrected chi connectivity index (χ4v) is 2.51. The first-order chi connectivity index (χ1) is 10.5. The molecule has 1 amide bonds. The minimum Gasteiger partial charge on any atom is -0.333 e. The molecule has 2 aromatic carbocycles. The molecule has 0 saturated heterocycles. The fraction of sp³-hybridized carbons (Fsp3) is 0.176. The lowest BCUT2D eigenvalue weighted by atomic mass is 9.97. The molecule has 0 spiro atoms. The number of nitrogens with zero attached hydrogens (tertiary/aromatic N) is 1. The van der Waals surface area contributed by atoms with E-state index in [1.54, 1.807) is 18.2 Å². The van der Waals surface area contributed by atoms with Crippen molar-refractivity contribution in [3.8, 4) is 11.1 Å². The summed E-state index contributed by atoms with van der Waals surface area (Å²) in [6.45, 7) is 1.26. The Kier molecular flexibility index (Phi) is 3.63. The number of hydroxylamine groups is 1. The average molecular weight is 299 g/mol. The largest absolute Gasteiger partial charge is 0.333 e. The molecule has 4 nitrogen and oxygen atoms in total. The number of anilines is 1. The van der Waals surface area contributed by atoms with Crippen molar-refractivity contribution in [3.63, 3.8) is 0 Å². The topological polar surface area (TPSA) is 46.6 Å². The maximum Gasteiger partial charge on any atom is 0.330 e. The molecule has 0 radical (unpaired) electrons. The summed E-state index contributed by atoms with van der Waals surface area (Å²) >= 11 is 0. The van der Waals surface area contributed by atoms with E-state index in [0.29, 0.717) is 12.1 Å². The zero-order valence-electron chi connectivity index (χ0n) is 12.0. The number of carbonyl (C=O) groups is 2. The summed E-state index contributed by atoms with van der Waals surface area (Å²) in [5.74, 6) is -1.06. The van der Waals surface area contributed by atoms with Gasteiger partial charge in [-0.25, -0.2) is 9.18 Å². The molecule has 0 unspecified atom stereocenters. The van der Waals surface area contributed by atoms with E-state index in [2.05, 4.69) is 0 Å². The van der Waals surface area contributed by atoms with Gasteiger partial charge in [-0.2, -0.15) is 0 Å². The van der Waals surface area contributed by atoms with Crippen LogP contribution in [-0.2, 0) is 20.8 Å². The van der Waals surface area contributed by atoms with Gasteiger partial charge in [0.2, 0.25) is 0 Å². The molecule has 0 saturated carbocycles. The lowest BCUT2D eigenvalue weighted by Crippen LogP contribution is -2.36. The summed E-state index contributed by atoms with van der Waals surface area (Å²) in [6.07, 6.45) is 0.869. The van der Waals surface area contributed by atoms with E-state index in [1.807, 2.05) is 12.1 Å². The lowest BCUT2D eigenvalue weighted by Gasteiger charge is -2.27. The first-order valence-corrected chi connectivity index (χ1v) is 6.95. The van der Waals surface area contributed by atoms with Crippen LogP contribution in [0.1, 0.15) is 18.9 Å². The summed E-state index contributed by atoms with van der Waals surface area (Å²) in [5, 5.41) is 1.05. The van der Waals surface area contributed by atoms with Crippen molar-refractivity contribution in [2.75, 3.05) is 5.06 Å². The van der Waals surface area contributed by atoms with Crippen LogP contribution < -0.4 is 5.06 Å². The molecule has 1 heterocycles. The second-order valence-corrected chi connectivity index (χ2v) is 5.12. The standard InChI is InChI=1S/C17H14FNO3/c1-11(20)22-19-16-8-4-13(10-14(16)5-9-17(19)21)12-2-6-15(18)7-3-12/h2-4,6-8,10H,5,9H2,1H3. The molecule has 2 aromatic rings. The molecular formula is C17H14FNO3. The highest BCUT2D eigenvalue weighted by molar-refractivity contribution is 5.96. The zero-order valence-corrected chi connectivity index (χ0v) is 12.0. The van der Waals surface area contributed by atoms with Crippen LogP contribution >= 0.6 is 0 Å². The van der Waals surface area contributed by atoms with Crippen molar-refractivity contribution in [1.82, 2.24) is 0 Å². The highest BCUT2D eigenvalue weighted by atomic mass is 19.1. The van der Waals surface area contributed by atoms with Crippen molar-refractivity contribution in [2.24, 2.45) is 0 Å². The Morgan fingerprint density at radius 1 is 1.09 bits per heavy atom. The maximum absolute atomic E-state index is 13.0. The molecule has 0 atom stereocenters. The van der Waals surface area contributed by atoms with Gasteiger partial charge in [0.25, 0.3) is 5.91 Å². The van der Waals surface area contributed by atoms with Gasteiger partial charge in [-0.05, 0) is 47.4 Å². The third-order valence-electron chi connectivity index (χ3n) is 3.53. The van der Waals surface area contributed by atoms with Crippen molar-refractivity contribution in [3.05, 3.63) is 53.8 Å². The van der Waals surface area contributed by atoms with Gasteiger partial charge in [0.15, 0.2) is 0 Å². The van der Waals surface area contributed by atoms with Crippen LogP contribution in [0, 0.1) is 5.82 Å². The van der Waals surface area contributed by atoms with Gasteiger partial charge >= 0.3 is 5.97 Å². The highest BCUT2D eigenvalue weighted by Gasteiger charge is 2.27. The number of carbonyl (C=O) groups excluding carboxylic acids is 2. The van der Waals surface area contributed by atoms with Gasteiger partial charge in [0.1, 0.15) is 5.82 Å². The van der Waals surface area contributed by atoms with Crippen LogP contribution in [0.25, 0.3) is 11.1 Å². The summed E-state index contributed by atoms with van der Waals surface area (Å²) in [7, 11) is 0. The molecule has 112 valence electrons. The molecule has 0 N–H and O–H groups in total. The van der Waals surface area contributed by atoms with Gasteiger partial charge in [0, 0.05) is 13.3 Å². The molecule has 5 heteroatoms. The zero-order chi connectivity index (χ0) is 15.7. The van der Waals surface area contributed by atoms with E-state index in [-0.39, 0.29) is 18.1 Å². The van der Waals surface area contributed by atoms with Crippen molar-refractivity contribution in [2.45, 2.75) is 19.8 Å². The van der Waals surface area contributed by atoms with Gasteiger partial charge in [-0.3, -0.25) is 4.79 Å². The minimum atomic E-state index is -0.538. The van der Waals surface area contributed by atoms with Crippen LogP contribution in [0.15, 0.2) is 42.5 Å². The SMILES string of the molecule is CC(=O)ON1C(=O)CCc2cc(-c3ccc(F)cc3)ccc21. The Morgan fingerprint density at radius 3 is 2.45 bits per heavy atom. The van der Waals surface area contributed by atoms with E-state index < -0.39 is 5.97 Å². The third kappa shape index (κ3) is 2.70. The van der Waals surface area contributed by atoms with E-state index >= 15 is 0 Å². The summed E-state index contributed by atoms with van der Waals surface area (Å²) < 4.78 is 13.0. The first kappa shape index (κ1) is 14.3. The van der Waals surface area contributed by atoms with Gasteiger partial charge in [0.05, 0.1) is 5.69 Å². The van der Waals surface area contributed by atoms with Gasteiger partial charge in [-0.15, -0.1) is 5.06 Å². The summed E-state index contributed by atoms with van der Waals surface area (Å²) in [6, 6.07) is 11.7. The normalized spacial score (nSPS) is 13.7. The van der Waals surface area contributed by atoms with Crippen molar-refractivity contribution in [1.29, 1.82) is 0 Å². The molecule has 0 aromatic heterocycles. The van der Waals surface area contributed by atoms with Crippen LogP contribution in [0.5, 0.6) is 0 Å². The van der Waals surface area contributed by atoms with Crippen molar-refractivity contribution >= 4 is 17.6 Å². The van der Waals surface area contributed by atoms with Gasteiger partial charge < -0.3 is 4.84 Å². The van der Waals surface area contributed by atoms with Crippen LogP contribution in [0.2, 0.25) is 0 Å². The minimum absolute atomic E-state index is 0.239. The van der Waals surface area contributed by atoms with Crippen LogP contribution in [0.4, 0.5) is 10.1 Å². The number of aryl methyl sites for hydroxylation is 1. The fourth-order valence-electron chi connectivity index (χ4n) is 2.51. The number of hydrogen-bond acceptors (Lipinski definition) is 3. The number of amides is 1. The number of rotatable bonds is 2. The molecule has 0 fully saturated rings. The number of benzene rings is 2. The van der Waals surface area contributed by atoms with E-state index in [4.69, 9.17) is 4.84 Å². The third-order valence-corrected chi connectivity index (χ3v) is 3.53. The predicted molar refractivity (Wildman–Crippen MR) is 79.4 cm³/mol. The Bertz CT molecular complexity index is 740. The molecule has 1 aliphatic heterocycles. The first-order valence-electron chi connectivity index (χ1n) is 6.95. The average Bonchev–Trinajstić information content (AvgIpc) is 2.50. The summed E-state index contributed by atoms with van der Waals surface area (Å²) in [5.41, 5.74) is 3.32. The quantitative estimate of drug-likeness (QED) is 0.855. The van der Waals surface area contributed by atoms with E-state index in [0.717, 1.165) is 21.8 Å². The molecule has 3 rings (SSSR count).